The summed E-state index contributed by atoms with van der Waals surface area (Å²) in [5, 5.41) is 2.70. The third-order valence-corrected chi connectivity index (χ3v) is 5.71. The molecule has 3 heterocycles. The summed E-state index contributed by atoms with van der Waals surface area (Å²) in [5.74, 6) is -0.723. The van der Waals surface area contributed by atoms with E-state index in [1.54, 1.807) is 6.07 Å². The third-order valence-electron chi connectivity index (χ3n) is 5.71. The zero-order chi connectivity index (χ0) is 20.4. The maximum absolute atomic E-state index is 13.4. The fourth-order valence-electron chi connectivity index (χ4n) is 4.06. The Kier molecular flexibility index (Phi) is 5.62. The molecule has 1 aromatic carbocycles. The highest BCUT2D eigenvalue weighted by atomic mass is 19.1. The lowest BCUT2D eigenvalue weighted by atomic mass is 10.1. The number of benzene rings is 1. The van der Waals surface area contributed by atoms with Crippen molar-refractivity contribution in [3.8, 4) is 0 Å². The number of carbonyl (C=O) groups excluding carboxylic acids is 2. The maximum atomic E-state index is 13.4. The summed E-state index contributed by atoms with van der Waals surface area (Å²) >= 11 is 0. The van der Waals surface area contributed by atoms with Crippen molar-refractivity contribution in [2.75, 3.05) is 38.0 Å². The molecule has 2 aromatic rings. The van der Waals surface area contributed by atoms with Crippen LogP contribution in [0.15, 0.2) is 24.3 Å². The Morgan fingerprint density at radius 2 is 1.93 bits per heavy atom. The van der Waals surface area contributed by atoms with Crippen molar-refractivity contribution in [1.82, 2.24) is 19.4 Å². The zero-order valence-electron chi connectivity index (χ0n) is 16.7. The van der Waals surface area contributed by atoms with Crippen molar-refractivity contribution in [3.05, 3.63) is 47.3 Å². The van der Waals surface area contributed by atoms with E-state index in [0.29, 0.717) is 31.0 Å². The van der Waals surface area contributed by atoms with Gasteiger partial charge in [0, 0.05) is 38.4 Å². The second kappa shape index (κ2) is 8.32. The topological polar surface area (TPSA) is 70.5 Å². The summed E-state index contributed by atoms with van der Waals surface area (Å²) in [7, 11) is 0. The molecule has 154 valence electrons. The molecular formula is C21H26FN5O2. The Morgan fingerprint density at radius 3 is 2.66 bits per heavy atom. The molecule has 1 saturated heterocycles. The maximum Gasteiger partial charge on any atom is 0.291 e. The molecule has 1 fully saturated rings. The summed E-state index contributed by atoms with van der Waals surface area (Å²) < 4.78 is 15.3. The van der Waals surface area contributed by atoms with E-state index >= 15 is 0 Å². The number of hydrogen-bond donors (Lipinski definition) is 1. The molecule has 2 amide bonds. The smallest absolute Gasteiger partial charge is 0.291 e. The van der Waals surface area contributed by atoms with Crippen molar-refractivity contribution in [2.45, 2.75) is 32.7 Å². The average Bonchev–Trinajstić information content (AvgIpc) is 3.13. The number of likely N-dealkylation sites (N-methyl/N-ethyl adjacent to an activating group) is 1. The van der Waals surface area contributed by atoms with Crippen molar-refractivity contribution in [2.24, 2.45) is 0 Å². The van der Waals surface area contributed by atoms with Crippen LogP contribution in [-0.2, 0) is 13.0 Å². The van der Waals surface area contributed by atoms with Gasteiger partial charge >= 0.3 is 0 Å². The predicted octanol–water partition coefficient (Wildman–Crippen LogP) is 2.39. The minimum atomic E-state index is -0.423. The van der Waals surface area contributed by atoms with Crippen LogP contribution in [0, 0.1) is 5.82 Å². The molecule has 2 aliphatic heterocycles. The SMILES string of the molecule is CCN1CCN(C(=O)c2nc(C(=O)Nc3cccc(F)c3)n3c2CCCC3)CC1. The summed E-state index contributed by atoms with van der Waals surface area (Å²) in [6, 6.07) is 5.75. The van der Waals surface area contributed by atoms with Gasteiger partial charge in [-0.3, -0.25) is 9.59 Å². The molecule has 0 atom stereocenters. The predicted molar refractivity (Wildman–Crippen MR) is 108 cm³/mol. The van der Waals surface area contributed by atoms with E-state index < -0.39 is 11.7 Å². The first-order valence-electron chi connectivity index (χ1n) is 10.2. The van der Waals surface area contributed by atoms with E-state index in [2.05, 4.69) is 22.1 Å². The van der Waals surface area contributed by atoms with Crippen LogP contribution in [0.1, 0.15) is 46.6 Å². The third kappa shape index (κ3) is 4.03. The normalized spacial score (nSPS) is 17.1. The number of aromatic nitrogens is 2. The van der Waals surface area contributed by atoms with E-state index in [0.717, 1.165) is 44.6 Å². The summed E-state index contributed by atoms with van der Waals surface area (Å²) in [6.07, 6.45) is 2.64. The molecule has 8 heteroatoms. The number of hydrogen-bond acceptors (Lipinski definition) is 4. The van der Waals surface area contributed by atoms with Gasteiger partial charge in [-0.1, -0.05) is 13.0 Å². The Balaban J connectivity index is 1.58. The first kappa shape index (κ1) is 19.6. The van der Waals surface area contributed by atoms with Gasteiger partial charge in [0.1, 0.15) is 11.5 Å². The Hall–Kier alpha value is -2.74. The van der Waals surface area contributed by atoms with Crippen LogP contribution < -0.4 is 5.32 Å². The largest absolute Gasteiger partial charge is 0.335 e. The van der Waals surface area contributed by atoms with Gasteiger partial charge < -0.3 is 19.7 Å². The molecule has 0 saturated carbocycles. The van der Waals surface area contributed by atoms with Crippen LogP contribution >= 0.6 is 0 Å². The molecule has 0 spiro atoms. The average molecular weight is 399 g/mol. The van der Waals surface area contributed by atoms with E-state index in [1.165, 1.54) is 18.2 Å². The first-order valence-corrected chi connectivity index (χ1v) is 10.2. The fourth-order valence-corrected chi connectivity index (χ4v) is 4.06. The fraction of sp³-hybridized carbons (Fsp3) is 0.476. The quantitative estimate of drug-likeness (QED) is 0.857. The molecule has 0 aliphatic carbocycles. The summed E-state index contributed by atoms with van der Waals surface area (Å²) in [4.78, 5) is 34.6. The van der Waals surface area contributed by atoms with Crippen molar-refractivity contribution < 1.29 is 14.0 Å². The second-order valence-corrected chi connectivity index (χ2v) is 7.53. The Bertz CT molecular complexity index is 918. The van der Waals surface area contributed by atoms with Crippen LogP contribution in [0.5, 0.6) is 0 Å². The van der Waals surface area contributed by atoms with E-state index in [4.69, 9.17) is 0 Å². The van der Waals surface area contributed by atoms with Gasteiger partial charge in [-0.15, -0.1) is 0 Å². The number of anilines is 1. The standard InChI is InChI=1S/C21H26FN5O2/c1-2-25-10-12-26(13-11-25)21(29)18-17-8-3-4-9-27(17)19(24-18)20(28)23-16-7-5-6-15(22)14-16/h5-7,14H,2-4,8-13H2,1H3,(H,23,28). The molecule has 2 aliphatic rings. The second-order valence-electron chi connectivity index (χ2n) is 7.53. The molecule has 29 heavy (non-hydrogen) atoms. The van der Waals surface area contributed by atoms with Crippen LogP contribution in [-0.4, -0.2) is 63.9 Å². The molecule has 0 radical (unpaired) electrons. The zero-order valence-corrected chi connectivity index (χ0v) is 16.7. The van der Waals surface area contributed by atoms with E-state index in [9.17, 15) is 14.0 Å². The lowest BCUT2D eigenvalue weighted by Gasteiger charge is -2.33. The molecule has 0 unspecified atom stereocenters. The van der Waals surface area contributed by atoms with Gasteiger partial charge in [-0.2, -0.15) is 0 Å². The van der Waals surface area contributed by atoms with Crippen molar-refractivity contribution >= 4 is 17.5 Å². The monoisotopic (exact) mass is 399 g/mol. The number of amides is 2. The number of imidazole rings is 1. The first-order chi connectivity index (χ1) is 14.1. The minimum Gasteiger partial charge on any atom is -0.335 e. The van der Waals surface area contributed by atoms with Gasteiger partial charge in [0.15, 0.2) is 5.82 Å². The molecule has 7 nitrogen and oxygen atoms in total. The van der Waals surface area contributed by atoms with Crippen LogP contribution in [0.4, 0.5) is 10.1 Å². The highest BCUT2D eigenvalue weighted by molar-refractivity contribution is 6.03. The Morgan fingerprint density at radius 1 is 1.14 bits per heavy atom. The van der Waals surface area contributed by atoms with Crippen LogP contribution in [0.3, 0.4) is 0 Å². The number of fused-ring (bicyclic) bond motifs is 1. The molecular weight excluding hydrogens is 373 g/mol. The van der Waals surface area contributed by atoms with Crippen molar-refractivity contribution in [1.29, 1.82) is 0 Å². The van der Waals surface area contributed by atoms with Crippen LogP contribution in [0.25, 0.3) is 0 Å². The van der Waals surface area contributed by atoms with Gasteiger partial charge in [0.25, 0.3) is 11.8 Å². The number of nitrogens with one attached hydrogen (secondary N) is 1. The van der Waals surface area contributed by atoms with Crippen molar-refractivity contribution in [3.63, 3.8) is 0 Å². The molecule has 1 N–H and O–H groups in total. The number of halogens is 1. The van der Waals surface area contributed by atoms with Gasteiger partial charge in [0.2, 0.25) is 0 Å². The molecule has 0 bridgehead atoms. The number of piperazine rings is 1. The van der Waals surface area contributed by atoms with Gasteiger partial charge in [0.05, 0.1) is 5.69 Å². The lowest BCUT2D eigenvalue weighted by molar-refractivity contribution is 0.0636. The highest BCUT2D eigenvalue weighted by Crippen LogP contribution is 2.23. The number of carbonyl (C=O) groups is 2. The summed E-state index contributed by atoms with van der Waals surface area (Å²) in [5.41, 5.74) is 1.59. The Labute approximate surface area is 169 Å². The highest BCUT2D eigenvalue weighted by Gasteiger charge is 2.31. The van der Waals surface area contributed by atoms with Gasteiger partial charge in [-0.25, -0.2) is 9.37 Å². The van der Waals surface area contributed by atoms with E-state index in [-0.39, 0.29) is 11.7 Å². The summed E-state index contributed by atoms with van der Waals surface area (Å²) in [6.45, 7) is 6.80. The molecule has 1 aromatic heterocycles. The minimum absolute atomic E-state index is 0.101. The number of rotatable bonds is 4. The molecule has 4 rings (SSSR count). The van der Waals surface area contributed by atoms with E-state index in [1.807, 2.05) is 9.47 Å². The van der Waals surface area contributed by atoms with Gasteiger partial charge in [-0.05, 0) is 44.0 Å². The lowest BCUT2D eigenvalue weighted by Crippen LogP contribution is -2.48. The van der Waals surface area contributed by atoms with Crippen LogP contribution in [0.2, 0.25) is 0 Å². The number of nitrogens with zero attached hydrogens (tertiary/aromatic N) is 4.